The quantitative estimate of drug-likeness (QED) is 0.816. The predicted molar refractivity (Wildman–Crippen MR) is 89.7 cm³/mol. The molecule has 116 valence electrons. The Morgan fingerprint density at radius 3 is 2.45 bits per heavy atom. The lowest BCUT2D eigenvalue weighted by molar-refractivity contribution is 0.132. The topological polar surface area (TPSA) is 38.2 Å². The average Bonchev–Trinajstić information content (AvgIpc) is 2.57. The molecule has 22 heavy (non-hydrogen) atoms. The minimum absolute atomic E-state index is 0.468. The van der Waals surface area contributed by atoms with Crippen molar-refractivity contribution in [2.24, 2.45) is 5.92 Å². The Morgan fingerprint density at radius 1 is 1.09 bits per heavy atom. The molecule has 0 saturated carbocycles. The van der Waals surface area contributed by atoms with Gasteiger partial charge in [0.1, 0.15) is 0 Å². The van der Waals surface area contributed by atoms with E-state index in [2.05, 4.69) is 61.1 Å². The first-order valence-corrected chi connectivity index (χ1v) is 8.45. The molecule has 2 aromatic rings. The van der Waals surface area contributed by atoms with Crippen LogP contribution in [0.4, 0.5) is 0 Å². The molecule has 0 unspecified atom stereocenters. The minimum atomic E-state index is 0.468. The van der Waals surface area contributed by atoms with Gasteiger partial charge >= 0.3 is 6.01 Å². The molecule has 1 aliphatic heterocycles. The van der Waals surface area contributed by atoms with Crippen LogP contribution in [-0.4, -0.2) is 34.6 Å². The molecular weight excluding hydrogens is 342 g/mol. The van der Waals surface area contributed by atoms with E-state index < -0.39 is 0 Å². The van der Waals surface area contributed by atoms with Crippen LogP contribution in [0.15, 0.2) is 47.2 Å². The van der Waals surface area contributed by atoms with Crippen molar-refractivity contribution in [3.63, 3.8) is 0 Å². The van der Waals surface area contributed by atoms with Gasteiger partial charge in [0.2, 0.25) is 0 Å². The van der Waals surface area contributed by atoms with Gasteiger partial charge in [0.15, 0.2) is 0 Å². The highest BCUT2D eigenvalue weighted by Gasteiger charge is 2.20. The van der Waals surface area contributed by atoms with E-state index in [1.807, 2.05) is 0 Å². The summed E-state index contributed by atoms with van der Waals surface area (Å²) in [4.78, 5) is 10.8. The Kier molecular flexibility index (Phi) is 5.40. The van der Waals surface area contributed by atoms with Gasteiger partial charge in [0.25, 0.3) is 0 Å². The lowest BCUT2D eigenvalue weighted by atomic mass is 9.97. The molecule has 3 rings (SSSR count). The first-order valence-electron chi connectivity index (χ1n) is 7.66. The lowest BCUT2D eigenvalue weighted by Gasteiger charge is -2.31. The van der Waals surface area contributed by atoms with Gasteiger partial charge in [-0.15, -0.1) is 0 Å². The second kappa shape index (κ2) is 7.70. The van der Waals surface area contributed by atoms with E-state index in [0.717, 1.165) is 24.1 Å². The molecule has 0 aliphatic carbocycles. The van der Waals surface area contributed by atoms with E-state index in [4.69, 9.17) is 4.74 Å². The van der Waals surface area contributed by atoms with Gasteiger partial charge in [-0.2, -0.15) is 0 Å². The summed E-state index contributed by atoms with van der Waals surface area (Å²) >= 11 is 3.32. The van der Waals surface area contributed by atoms with Gasteiger partial charge in [0, 0.05) is 18.9 Å². The third-order valence-electron chi connectivity index (χ3n) is 4.00. The molecular formula is C17H20BrN3O. The highest BCUT2D eigenvalue weighted by molar-refractivity contribution is 9.10. The summed E-state index contributed by atoms with van der Waals surface area (Å²) in [5, 5.41) is 0. The van der Waals surface area contributed by atoms with E-state index in [1.54, 1.807) is 12.4 Å². The number of rotatable bonds is 5. The average molecular weight is 362 g/mol. The summed E-state index contributed by atoms with van der Waals surface area (Å²) in [6.07, 6.45) is 5.77. The molecule has 2 heterocycles. The molecule has 0 atom stereocenters. The van der Waals surface area contributed by atoms with Crippen LogP contribution < -0.4 is 4.74 Å². The van der Waals surface area contributed by atoms with Crippen LogP contribution >= 0.6 is 15.9 Å². The molecule has 1 aliphatic rings. The standard InChI is InChI=1S/C17H20BrN3O/c18-16-10-19-17(20-11-16)22-13-15-6-8-21(9-7-15)12-14-4-2-1-3-5-14/h1-5,10-11,15H,6-9,12-13H2. The molecule has 0 spiro atoms. The highest BCUT2D eigenvalue weighted by atomic mass is 79.9. The molecule has 1 aromatic carbocycles. The Hall–Kier alpha value is -1.46. The fourth-order valence-electron chi connectivity index (χ4n) is 2.72. The van der Waals surface area contributed by atoms with Gasteiger partial charge in [-0.3, -0.25) is 4.90 Å². The molecule has 0 bridgehead atoms. The zero-order valence-electron chi connectivity index (χ0n) is 12.5. The van der Waals surface area contributed by atoms with Crippen LogP contribution in [-0.2, 0) is 6.54 Å². The number of aromatic nitrogens is 2. The summed E-state index contributed by atoms with van der Waals surface area (Å²) in [6.45, 7) is 4.01. The number of nitrogens with zero attached hydrogens (tertiary/aromatic N) is 3. The fourth-order valence-corrected chi connectivity index (χ4v) is 2.92. The first kappa shape index (κ1) is 15.4. The van der Waals surface area contributed by atoms with Gasteiger partial charge < -0.3 is 4.74 Å². The van der Waals surface area contributed by atoms with Crippen LogP contribution in [0.1, 0.15) is 18.4 Å². The zero-order valence-corrected chi connectivity index (χ0v) is 14.1. The highest BCUT2D eigenvalue weighted by Crippen LogP contribution is 2.20. The van der Waals surface area contributed by atoms with E-state index in [9.17, 15) is 0 Å². The van der Waals surface area contributed by atoms with Crippen molar-refractivity contribution in [1.29, 1.82) is 0 Å². The smallest absolute Gasteiger partial charge is 0.316 e. The summed E-state index contributed by atoms with van der Waals surface area (Å²) in [5.41, 5.74) is 1.39. The van der Waals surface area contributed by atoms with Crippen LogP contribution in [0, 0.1) is 5.92 Å². The Labute approximate surface area is 139 Å². The zero-order chi connectivity index (χ0) is 15.2. The van der Waals surface area contributed by atoms with Crippen LogP contribution in [0.5, 0.6) is 6.01 Å². The summed E-state index contributed by atoms with van der Waals surface area (Å²) in [5.74, 6) is 0.597. The number of likely N-dealkylation sites (tertiary alicyclic amines) is 1. The monoisotopic (exact) mass is 361 g/mol. The molecule has 5 heteroatoms. The van der Waals surface area contributed by atoms with Crippen LogP contribution in [0.3, 0.4) is 0 Å². The number of hydrogen-bond acceptors (Lipinski definition) is 4. The third-order valence-corrected chi connectivity index (χ3v) is 4.41. The van der Waals surface area contributed by atoms with E-state index in [1.165, 1.54) is 18.4 Å². The summed E-state index contributed by atoms with van der Waals surface area (Å²) in [7, 11) is 0. The van der Waals surface area contributed by atoms with E-state index >= 15 is 0 Å². The molecule has 0 amide bonds. The Balaban J connectivity index is 1.41. The minimum Gasteiger partial charge on any atom is -0.463 e. The number of piperidine rings is 1. The number of benzene rings is 1. The summed E-state index contributed by atoms with van der Waals surface area (Å²) in [6, 6.07) is 11.1. The van der Waals surface area contributed by atoms with Gasteiger partial charge in [0.05, 0.1) is 11.1 Å². The van der Waals surface area contributed by atoms with Crippen molar-refractivity contribution < 1.29 is 4.74 Å². The van der Waals surface area contributed by atoms with Gasteiger partial charge in [-0.1, -0.05) is 30.3 Å². The van der Waals surface area contributed by atoms with E-state index in [-0.39, 0.29) is 0 Å². The first-order chi connectivity index (χ1) is 10.8. The van der Waals surface area contributed by atoms with Crippen molar-refractivity contribution in [3.05, 3.63) is 52.8 Å². The molecule has 1 saturated heterocycles. The largest absolute Gasteiger partial charge is 0.463 e. The number of halogens is 1. The number of hydrogen-bond donors (Lipinski definition) is 0. The van der Waals surface area contributed by atoms with Gasteiger partial charge in [-0.05, 0) is 53.3 Å². The fraction of sp³-hybridized carbons (Fsp3) is 0.412. The molecule has 4 nitrogen and oxygen atoms in total. The van der Waals surface area contributed by atoms with Crippen molar-refractivity contribution in [3.8, 4) is 6.01 Å². The van der Waals surface area contributed by atoms with Crippen molar-refractivity contribution in [2.75, 3.05) is 19.7 Å². The maximum absolute atomic E-state index is 5.69. The molecule has 0 radical (unpaired) electrons. The normalized spacial score (nSPS) is 16.6. The molecule has 1 aromatic heterocycles. The number of ether oxygens (including phenoxy) is 1. The van der Waals surface area contributed by atoms with Crippen molar-refractivity contribution in [2.45, 2.75) is 19.4 Å². The maximum atomic E-state index is 5.69. The molecule has 0 N–H and O–H groups in total. The van der Waals surface area contributed by atoms with Crippen molar-refractivity contribution in [1.82, 2.24) is 14.9 Å². The second-order valence-electron chi connectivity index (χ2n) is 5.70. The maximum Gasteiger partial charge on any atom is 0.316 e. The Morgan fingerprint density at radius 2 is 1.77 bits per heavy atom. The van der Waals surface area contributed by atoms with Gasteiger partial charge in [-0.25, -0.2) is 9.97 Å². The molecule has 1 fully saturated rings. The van der Waals surface area contributed by atoms with Crippen LogP contribution in [0.25, 0.3) is 0 Å². The Bertz CT molecular complexity index is 568. The SMILES string of the molecule is Brc1cnc(OCC2CCN(Cc3ccccc3)CC2)nc1. The predicted octanol–water partition coefficient (Wildman–Crippen LogP) is 3.53. The van der Waals surface area contributed by atoms with Crippen molar-refractivity contribution >= 4 is 15.9 Å². The lowest BCUT2D eigenvalue weighted by Crippen LogP contribution is -2.35. The van der Waals surface area contributed by atoms with E-state index in [0.29, 0.717) is 18.5 Å². The third kappa shape index (κ3) is 4.52. The second-order valence-corrected chi connectivity index (χ2v) is 6.62. The van der Waals surface area contributed by atoms with Crippen LogP contribution in [0.2, 0.25) is 0 Å². The summed E-state index contributed by atoms with van der Waals surface area (Å²) < 4.78 is 6.56.